The van der Waals surface area contributed by atoms with Gasteiger partial charge in [-0.25, -0.2) is 0 Å². The SMILES string of the molecule is CCOc1ccc(NC(=O)CC2SC(=O)N(CC(=O)c3ccccc3)C2=O)cc1. The van der Waals surface area contributed by atoms with Gasteiger partial charge in [0.1, 0.15) is 11.0 Å². The summed E-state index contributed by atoms with van der Waals surface area (Å²) in [6.07, 6.45) is -0.154. The van der Waals surface area contributed by atoms with Gasteiger partial charge in [-0.15, -0.1) is 0 Å². The van der Waals surface area contributed by atoms with E-state index in [1.807, 2.05) is 6.92 Å². The van der Waals surface area contributed by atoms with Gasteiger partial charge in [-0.2, -0.15) is 0 Å². The molecule has 7 nitrogen and oxygen atoms in total. The summed E-state index contributed by atoms with van der Waals surface area (Å²) < 4.78 is 5.34. The van der Waals surface area contributed by atoms with Gasteiger partial charge in [-0.3, -0.25) is 24.1 Å². The van der Waals surface area contributed by atoms with Crippen molar-refractivity contribution in [1.82, 2.24) is 4.90 Å². The minimum atomic E-state index is -0.839. The molecule has 1 heterocycles. The van der Waals surface area contributed by atoms with Crippen molar-refractivity contribution in [2.24, 2.45) is 0 Å². The smallest absolute Gasteiger partial charge is 0.289 e. The van der Waals surface area contributed by atoms with Crippen molar-refractivity contribution in [2.75, 3.05) is 18.5 Å². The van der Waals surface area contributed by atoms with Crippen LogP contribution in [0.5, 0.6) is 5.75 Å². The van der Waals surface area contributed by atoms with Gasteiger partial charge in [0.2, 0.25) is 11.8 Å². The Bertz CT molecular complexity index is 914. The van der Waals surface area contributed by atoms with Crippen LogP contribution in [-0.4, -0.2) is 46.1 Å². The summed E-state index contributed by atoms with van der Waals surface area (Å²) >= 11 is 0.771. The number of thioether (sulfide) groups is 1. The summed E-state index contributed by atoms with van der Waals surface area (Å²) in [6, 6.07) is 15.3. The van der Waals surface area contributed by atoms with Crippen molar-refractivity contribution in [3.05, 3.63) is 60.2 Å². The molecule has 1 unspecified atom stereocenters. The standard InChI is InChI=1S/C21H20N2O5S/c1-2-28-16-10-8-15(9-11-16)22-19(25)12-18-20(26)23(21(27)29-18)13-17(24)14-6-4-3-5-7-14/h3-11,18H,2,12-13H2,1H3,(H,22,25). The van der Waals surface area contributed by atoms with Crippen LogP contribution in [0.3, 0.4) is 0 Å². The molecule has 150 valence electrons. The fraction of sp³-hybridized carbons (Fsp3) is 0.238. The van der Waals surface area contributed by atoms with E-state index in [2.05, 4.69) is 5.32 Å². The molecule has 1 fully saturated rings. The third kappa shape index (κ3) is 5.23. The van der Waals surface area contributed by atoms with Crippen LogP contribution < -0.4 is 10.1 Å². The van der Waals surface area contributed by atoms with E-state index in [4.69, 9.17) is 4.74 Å². The third-order valence-electron chi connectivity index (χ3n) is 4.22. The first-order valence-corrected chi connectivity index (χ1v) is 9.99. The fourth-order valence-electron chi connectivity index (χ4n) is 2.81. The third-order valence-corrected chi connectivity index (χ3v) is 5.30. The molecule has 1 aliphatic heterocycles. The lowest BCUT2D eigenvalue weighted by Gasteiger charge is -2.13. The molecule has 3 amide bonds. The molecule has 0 aliphatic carbocycles. The number of imide groups is 1. The lowest BCUT2D eigenvalue weighted by atomic mass is 10.1. The molecule has 1 aliphatic rings. The van der Waals surface area contributed by atoms with Crippen LogP contribution in [0.15, 0.2) is 54.6 Å². The average molecular weight is 412 g/mol. The maximum atomic E-state index is 12.5. The number of anilines is 1. The molecule has 2 aromatic rings. The van der Waals surface area contributed by atoms with E-state index in [0.29, 0.717) is 23.6 Å². The largest absolute Gasteiger partial charge is 0.494 e. The number of Topliss-reactive ketones (excluding diaryl/α,β-unsaturated/α-hetero) is 1. The van der Waals surface area contributed by atoms with Gasteiger partial charge in [0.25, 0.3) is 5.24 Å². The van der Waals surface area contributed by atoms with Crippen molar-refractivity contribution in [3.63, 3.8) is 0 Å². The van der Waals surface area contributed by atoms with E-state index >= 15 is 0 Å². The number of hydrogen-bond acceptors (Lipinski definition) is 6. The molecule has 0 bridgehead atoms. The summed E-state index contributed by atoms with van der Waals surface area (Å²) in [4.78, 5) is 50.2. The number of ether oxygens (including phenoxy) is 1. The first-order chi connectivity index (χ1) is 14.0. The molecule has 29 heavy (non-hydrogen) atoms. The highest BCUT2D eigenvalue weighted by atomic mass is 32.2. The van der Waals surface area contributed by atoms with Crippen LogP contribution in [0.2, 0.25) is 0 Å². The zero-order valence-electron chi connectivity index (χ0n) is 15.8. The Morgan fingerprint density at radius 2 is 1.76 bits per heavy atom. The fourth-order valence-corrected chi connectivity index (χ4v) is 3.80. The molecule has 0 radical (unpaired) electrons. The van der Waals surface area contributed by atoms with Crippen LogP contribution >= 0.6 is 11.8 Å². The first kappa shape index (κ1) is 20.6. The van der Waals surface area contributed by atoms with Gasteiger partial charge in [-0.05, 0) is 31.2 Å². The van der Waals surface area contributed by atoms with Gasteiger partial charge in [0, 0.05) is 17.7 Å². The Morgan fingerprint density at radius 1 is 1.07 bits per heavy atom. The van der Waals surface area contributed by atoms with Crippen LogP contribution in [0.1, 0.15) is 23.7 Å². The van der Waals surface area contributed by atoms with Gasteiger partial charge in [0.15, 0.2) is 5.78 Å². The van der Waals surface area contributed by atoms with E-state index in [1.54, 1.807) is 54.6 Å². The van der Waals surface area contributed by atoms with Gasteiger partial charge in [0.05, 0.1) is 13.2 Å². The van der Waals surface area contributed by atoms with E-state index in [-0.39, 0.29) is 24.7 Å². The van der Waals surface area contributed by atoms with E-state index in [9.17, 15) is 19.2 Å². The first-order valence-electron chi connectivity index (χ1n) is 9.11. The maximum Gasteiger partial charge on any atom is 0.289 e. The highest BCUT2D eigenvalue weighted by Crippen LogP contribution is 2.30. The highest BCUT2D eigenvalue weighted by molar-refractivity contribution is 8.15. The molecule has 2 aromatic carbocycles. The van der Waals surface area contributed by atoms with Crippen molar-refractivity contribution < 1.29 is 23.9 Å². The van der Waals surface area contributed by atoms with Crippen molar-refractivity contribution in [3.8, 4) is 5.75 Å². The second-order valence-electron chi connectivity index (χ2n) is 6.30. The number of hydrogen-bond donors (Lipinski definition) is 1. The Balaban J connectivity index is 1.56. The summed E-state index contributed by atoms with van der Waals surface area (Å²) in [5, 5.41) is 1.34. The van der Waals surface area contributed by atoms with E-state index in [0.717, 1.165) is 16.7 Å². The van der Waals surface area contributed by atoms with Crippen LogP contribution in [0.25, 0.3) is 0 Å². The van der Waals surface area contributed by atoms with Crippen LogP contribution in [0, 0.1) is 0 Å². The summed E-state index contributed by atoms with van der Waals surface area (Å²) in [7, 11) is 0. The predicted molar refractivity (Wildman–Crippen MR) is 110 cm³/mol. The zero-order valence-corrected chi connectivity index (χ0v) is 16.6. The molecule has 0 aromatic heterocycles. The van der Waals surface area contributed by atoms with E-state index < -0.39 is 16.4 Å². The van der Waals surface area contributed by atoms with Crippen molar-refractivity contribution >= 4 is 40.3 Å². The lowest BCUT2D eigenvalue weighted by molar-refractivity contribution is -0.128. The number of rotatable bonds is 8. The number of carbonyl (C=O) groups is 4. The molecule has 3 rings (SSSR count). The van der Waals surface area contributed by atoms with E-state index in [1.165, 1.54) is 0 Å². The summed E-state index contributed by atoms with van der Waals surface area (Å²) in [5.41, 5.74) is 0.992. The Morgan fingerprint density at radius 3 is 2.41 bits per heavy atom. The second-order valence-corrected chi connectivity index (χ2v) is 7.45. The molecular weight excluding hydrogens is 392 g/mol. The number of nitrogens with zero attached hydrogens (tertiary/aromatic N) is 1. The quantitative estimate of drug-likeness (QED) is 0.669. The van der Waals surface area contributed by atoms with Crippen LogP contribution in [0.4, 0.5) is 10.5 Å². The topological polar surface area (TPSA) is 92.8 Å². The number of benzene rings is 2. The van der Waals surface area contributed by atoms with Gasteiger partial charge in [-0.1, -0.05) is 42.1 Å². The summed E-state index contributed by atoms with van der Waals surface area (Å²) in [5.74, 6) is -0.543. The summed E-state index contributed by atoms with van der Waals surface area (Å²) in [6.45, 7) is 2.10. The van der Waals surface area contributed by atoms with Crippen molar-refractivity contribution in [1.29, 1.82) is 0 Å². The second kappa shape index (κ2) is 9.38. The monoisotopic (exact) mass is 412 g/mol. The molecule has 0 spiro atoms. The minimum Gasteiger partial charge on any atom is -0.494 e. The lowest BCUT2D eigenvalue weighted by Crippen LogP contribution is -2.36. The number of ketones is 1. The molecule has 1 atom stereocenters. The predicted octanol–water partition coefficient (Wildman–Crippen LogP) is 3.36. The van der Waals surface area contributed by atoms with Crippen molar-refractivity contribution in [2.45, 2.75) is 18.6 Å². The van der Waals surface area contributed by atoms with Gasteiger partial charge < -0.3 is 10.1 Å². The van der Waals surface area contributed by atoms with Crippen LogP contribution in [-0.2, 0) is 9.59 Å². The molecule has 1 N–H and O–H groups in total. The number of carbonyl (C=O) groups excluding carboxylic acids is 4. The average Bonchev–Trinajstić information content (AvgIpc) is 2.97. The normalized spacial score (nSPS) is 16.0. The highest BCUT2D eigenvalue weighted by Gasteiger charge is 2.41. The Labute approximate surface area is 172 Å². The number of nitrogens with one attached hydrogen (secondary N) is 1. The minimum absolute atomic E-state index is 0.154. The Hall–Kier alpha value is -3.13. The maximum absolute atomic E-state index is 12.5. The molecule has 1 saturated heterocycles. The Kier molecular flexibility index (Phi) is 6.66. The molecule has 0 saturated carbocycles. The molecular formula is C21H20N2O5S. The zero-order chi connectivity index (χ0) is 20.8. The number of amides is 3. The van der Waals surface area contributed by atoms with Gasteiger partial charge >= 0.3 is 0 Å². The molecule has 8 heteroatoms.